The molecule has 0 spiro atoms. The van der Waals surface area contributed by atoms with E-state index in [1.807, 2.05) is 11.8 Å². The molecule has 1 aliphatic heterocycles. The van der Waals surface area contributed by atoms with E-state index in [2.05, 4.69) is 12.2 Å². The van der Waals surface area contributed by atoms with E-state index in [-0.39, 0.29) is 6.04 Å². The van der Waals surface area contributed by atoms with Crippen molar-refractivity contribution in [2.24, 2.45) is 5.92 Å². The van der Waals surface area contributed by atoms with Crippen molar-refractivity contribution >= 4 is 5.91 Å². The van der Waals surface area contributed by atoms with Gasteiger partial charge < -0.3 is 10.2 Å². The normalized spacial score (nSPS) is 37.4. The van der Waals surface area contributed by atoms with Gasteiger partial charge in [0.2, 0.25) is 5.91 Å². The van der Waals surface area contributed by atoms with E-state index in [0.29, 0.717) is 11.9 Å². The van der Waals surface area contributed by atoms with Crippen LogP contribution in [0.4, 0.5) is 0 Å². The summed E-state index contributed by atoms with van der Waals surface area (Å²) >= 11 is 0. The highest BCUT2D eigenvalue weighted by Gasteiger charge is 2.34. The van der Waals surface area contributed by atoms with Gasteiger partial charge in [-0.3, -0.25) is 4.79 Å². The third kappa shape index (κ3) is 1.78. The summed E-state index contributed by atoms with van der Waals surface area (Å²) in [5.41, 5.74) is 0. The van der Waals surface area contributed by atoms with Crippen LogP contribution in [0.3, 0.4) is 0 Å². The lowest BCUT2D eigenvalue weighted by Gasteiger charge is -2.35. The maximum absolute atomic E-state index is 11.8. The van der Waals surface area contributed by atoms with Gasteiger partial charge in [0.05, 0.1) is 6.04 Å². The molecule has 1 heterocycles. The minimum Gasteiger partial charge on any atom is -0.342 e. The molecule has 0 aromatic carbocycles. The van der Waals surface area contributed by atoms with E-state index < -0.39 is 0 Å². The Morgan fingerprint density at radius 1 is 1.50 bits per heavy atom. The van der Waals surface area contributed by atoms with Crippen molar-refractivity contribution in [2.75, 3.05) is 13.1 Å². The molecular weight excluding hydrogens is 176 g/mol. The average Bonchev–Trinajstić information content (AvgIpc) is 2.45. The van der Waals surface area contributed by atoms with Crippen LogP contribution in [-0.4, -0.2) is 36.0 Å². The maximum Gasteiger partial charge on any atom is 0.239 e. The Labute approximate surface area is 85.8 Å². The lowest BCUT2D eigenvalue weighted by molar-refractivity contribution is -0.129. The zero-order chi connectivity index (χ0) is 10.1. The summed E-state index contributed by atoms with van der Waals surface area (Å²) in [6.07, 6.45) is 3.49. The second-order valence-electron chi connectivity index (χ2n) is 4.70. The van der Waals surface area contributed by atoms with Gasteiger partial charge >= 0.3 is 0 Å². The predicted octanol–water partition coefficient (Wildman–Crippen LogP) is 0.995. The molecule has 0 bridgehead atoms. The van der Waals surface area contributed by atoms with Gasteiger partial charge in [-0.1, -0.05) is 6.92 Å². The van der Waals surface area contributed by atoms with Crippen molar-refractivity contribution in [1.29, 1.82) is 0 Å². The Bertz CT molecular complexity index is 223. The Hall–Kier alpha value is -0.570. The van der Waals surface area contributed by atoms with Crippen molar-refractivity contribution in [3.8, 4) is 0 Å². The number of nitrogens with zero attached hydrogens (tertiary/aromatic N) is 1. The molecule has 1 unspecified atom stereocenters. The molecular formula is C11H20N2O. The number of nitrogens with one attached hydrogen (secondary N) is 1. The molecule has 1 saturated heterocycles. The average molecular weight is 196 g/mol. The van der Waals surface area contributed by atoms with Crippen LogP contribution in [0.1, 0.15) is 33.1 Å². The summed E-state index contributed by atoms with van der Waals surface area (Å²) in [5, 5.41) is 3.47. The largest absolute Gasteiger partial charge is 0.342 e. The SMILES string of the molecule is CCN1CCC(NC2CC(C)C2)C1=O. The number of rotatable bonds is 3. The molecule has 14 heavy (non-hydrogen) atoms. The fourth-order valence-electron chi connectivity index (χ4n) is 2.53. The van der Waals surface area contributed by atoms with Gasteiger partial charge in [-0.05, 0) is 32.1 Å². The van der Waals surface area contributed by atoms with Crippen LogP contribution in [0.15, 0.2) is 0 Å². The van der Waals surface area contributed by atoms with Crippen molar-refractivity contribution in [2.45, 2.75) is 45.2 Å². The second-order valence-corrected chi connectivity index (χ2v) is 4.70. The lowest BCUT2D eigenvalue weighted by Crippen LogP contribution is -2.48. The molecule has 2 aliphatic rings. The summed E-state index contributed by atoms with van der Waals surface area (Å²) in [5.74, 6) is 1.17. The summed E-state index contributed by atoms with van der Waals surface area (Å²) in [4.78, 5) is 13.7. The van der Waals surface area contributed by atoms with Crippen molar-refractivity contribution < 1.29 is 4.79 Å². The highest BCUT2D eigenvalue weighted by Crippen LogP contribution is 2.27. The third-order valence-corrected chi connectivity index (χ3v) is 3.49. The minimum atomic E-state index is 0.118. The Kier molecular flexibility index (Phi) is 2.77. The summed E-state index contributed by atoms with van der Waals surface area (Å²) in [6, 6.07) is 0.725. The van der Waals surface area contributed by atoms with E-state index >= 15 is 0 Å². The summed E-state index contributed by atoms with van der Waals surface area (Å²) in [6.45, 7) is 6.12. The minimum absolute atomic E-state index is 0.118. The second kappa shape index (κ2) is 3.89. The van der Waals surface area contributed by atoms with Gasteiger partial charge in [0.1, 0.15) is 0 Å². The summed E-state index contributed by atoms with van der Waals surface area (Å²) < 4.78 is 0. The molecule has 0 aromatic heterocycles. The highest BCUT2D eigenvalue weighted by atomic mass is 16.2. The first-order valence-electron chi connectivity index (χ1n) is 5.75. The van der Waals surface area contributed by atoms with Gasteiger partial charge in [0.15, 0.2) is 0 Å². The van der Waals surface area contributed by atoms with Crippen LogP contribution >= 0.6 is 0 Å². The van der Waals surface area contributed by atoms with Crippen molar-refractivity contribution in [3.63, 3.8) is 0 Å². The van der Waals surface area contributed by atoms with Crippen LogP contribution in [0.25, 0.3) is 0 Å². The van der Waals surface area contributed by atoms with Crippen molar-refractivity contribution in [1.82, 2.24) is 10.2 Å². The van der Waals surface area contributed by atoms with Crippen LogP contribution in [0.5, 0.6) is 0 Å². The number of carbonyl (C=O) groups is 1. The zero-order valence-corrected chi connectivity index (χ0v) is 9.12. The van der Waals surface area contributed by atoms with E-state index in [9.17, 15) is 4.79 Å². The Morgan fingerprint density at radius 3 is 2.71 bits per heavy atom. The molecule has 1 atom stereocenters. The van der Waals surface area contributed by atoms with E-state index in [0.717, 1.165) is 25.4 Å². The molecule has 1 N–H and O–H groups in total. The lowest BCUT2D eigenvalue weighted by atomic mass is 9.81. The highest BCUT2D eigenvalue weighted by molar-refractivity contribution is 5.83. The smallest absolute Gasteiger partial charge is 0.239 e. The molecule has 2 rings (SSSR count). The van der Waals surface area contributed by atoms with Gasteiger partial charge in [-0.25, -0.2) is 0 Å². The van der Waals surface area contributed by atoms with Gasteiger partial charge in [-0.15, -0.1) is 0 Å². The number of carbonyl (C=O) groups excluding carboxylic acids is 1. The summed E-state index contributed by atoms with van der Waals surface area (Å²) in [7, 11) is 0. The van der Waals surface area contributed by atoms with E-state index in [1.54, 1.807) is 0 Å². The van der Waals surface area contributed by atoms with Gasteiger partial charge in [0, 0.05) is 19.1 Å². The molecule has 2 fully saturated rings. The molecule has 0 aromatic rings. The number of hydrogen-bond donors (Lipinski definition) is 1. The number of hydrogen-bond acceptors (Lipinski definition) is 2. The number of likely N-dealkylation sites (tertiary alicyclic amines) is 1. The number of likely N-dealkylation sites (N-methyl/N-ethyl adjacent to an activating group) is 1. The van der Waals surface area contributed by atoms with Crippen LogP contribution in [0, 0.1) is 5.92 Å². The monoisotopic (exact) mass is 196 g/mol. The quantitative estimate of drug-likeness (QED) is 0.730. The fourth-order valence-corrected chi connectivity index (χ4v) is 2.53. The van der Waals surface area contributed by atoms with Crippen molar-refractivity contribution in [3.05, 3.63) is 0 Å². The van der Waals surface area contributed by atoms with Gasteiger partial charge in [0.25, 0.3) is 0 Å². The first kappa shape index (κ1) is 9.97. The van der Waals surface area contributed by atoms with E-state index in [4.69, 9.17) is 0 Å². The molecule has 0 radical (unpaired) electrons. The molecule has 1 amide bonds. The maximum atomic E-state index is 11.8. The first-order chi connectivity index (χ1) is 6.70. The molecule has 80 valence electrons. The Morgan fingerprint density at radius 2 is 2.21 bits per heavy atom. The predicted molar refractivity (Wildman–Crippen MR) is 56.0 cm³/mol. The fraction of sp³-hybridized carbons (Fsp3) is 0.909. The van der Waals surface area contributed by atoms with Crippen LogP contribution < -0.4 is 5.32 Å². The molecule has 3 heteroatoms. The first-order valence-corrected chi connectivity index (χ1v) is 5.75. The molecule has 1 saturated carbocycles. The van der Waals surface area contributed by atoms with Gasteiger partial charge in [-0.2, -0.15) is 0 Å². The van der Waals surface area contributed by atoms with Crippen LogP contribution in [-0.2, 0) is 4.79 Å². The topological polar surface area (TPSA) is 32.3 Å². The zero-order valence-electron chi connectivity index (χ0n) is 9.12. The molecule has 1 aliphatic carbocycles. The number of amides is 1. The Balaban J connectivity index is 1.79. The van der Waals surface area contributed by atoms with E-state index in [1.165, 1.54) is 12.8 Å². The third-order valence-electron chi connectivity index (χ3n) is 3.49. The molecule has 3 nitrogen and oxygen atoms in total. The standard InChI is InChI=1S/C11H20N2O/c1-3-13-5-4-10(11(13)14)12-9-6-8(2)7-9/h8-10,12H,3-7H2,1-2H3. The van der Waals surface area contributed by atoms with Crippen LogP contribution in [0.2, 0.25) is 0 Å².